The number of benzene rings is 1. The molecule has 0 aliphatic heterocycles. The fourth-order valence-corrected chi connectivity index (χ4v) is 2.45. The van der Waals surface area contributed by atoms with Gasteiger partial charge in [-0.1, -0.05) is 24.3 Å². The lowest BCUT2D eigenvalue weighted by Crippen LogP contribution is -2.26. The maximum Gasteiger partial charge on any atom is 0.0629 e. The van der Waals surface area contributed by atoms with Gasteiger partial charge in [-0.05, 0) is 48.6 Å². The highest BCUT2D eigenvalue weighted by Crippen LogP contribution is 2.44. The van der Waals surface area contributed by atoms with Gasteiger partial charge in [0.15, 0.2) is 0 Å². The van der Waals surface area contributed by atoms with Gasteiger partial charge in [0.1, 0.15) is 0 Å². The maximum atomic E-state index is 5.96. The van der Waals surface area contributed by atoms with Crippen LogP contribution in [0.15, 0.2) is 42.6 Å². The van der Waals surface area contributed by atoms with E-state index in [-0.39, 0.29) is 0 Å². The SMILES string of the molecule is CN(N)c1cccc(C2CC2)c1/C=C/c1ccccn1. The first-order valence-corrected chi connectivity index (χ1v) is 6.96. The summed E-state index contributed by atoms with van der Waals surface area (Å²) in [5.74, 6) is 6.65. The summed E-state index contributed by atoms with van der Waals surface area (Å²) >= 11 is 0. The Kier molecular flexibility index (Phi) is 3.52. The third kappa shape index (κ3) is 2.73. The molecule has 0 bridgehead atoms. The Morgan fingerprint density at radius 2 is 2.00 bits per heavy atom. The van der Waals surface area contributed by atoms with Crippen molar-refractivity contribution in [2.24, 2.45) is 5.84 Å². The van der Waals surface area contributed by atoms with E-state index in [1.807, 2.05) is 37.5 Å². The van der Waals surface area contributed by atoms with Crippen LogP contribution in [0.5, 0.6) is 0 Å². The first kappa shape index (κ1) is 12.9. The van der Waals surface area contributed by atoms with Gasteiger partial charge >= 0.3 is 0 Å². The Morgan fingerprint density at radius 1 is 1.15 bits per heavy atom. The smallest absolute Gasteiger partial charge is 0.0629 e. The van der Waals surface area contributed by atoms with Gasteiger partial charge in [0.25, 0.3) is 0 Å². The summed E-state index contributed by atoms with van der Waals surface area (Å²) < 4.78 is 0. The molecule has 0 saturated heterocycles. The molecule has 2 N–H and O–H groups in total. The Balaban J connectivity index is 2.00. The Morgan fingerprint density at radius 3 is 2.65 bits per heavy atom. The van der Waals surface area contributed by atoms with Crippen LogP contribution in [0.4, 0.5) is 5.69 Å². The molecule has 1 fully saturated rings. The minimum absolute atomic E-state index is 0.693. The number of hydrogen-bond acceptors (Lipinski definition) is 3. The highest BCUT2D eigenvalue weighted by molar-refractivity contribution is 5.78. The zero-order chi connectivity index (χ0) is 13.9. The fourth-order valence-electron chi connectivity index (χ4n) is 2.45. The van der Waals surface area contributed by atoms with Crippen molar-refractivity contribution in [3.05, 3.63) is 59.4 Å². The van der Waals surface area contributed by atoms with Crippen LogP contribution < -0.4 is 10.9 Å². The molecule has 0 spiro atoms. The summed E-state index contributed by atoms with van der Waals surface area (Å²) in [4.78, 5) is 4.33. The Labute approximate surface area is 119 Å². The summed E-state index contributed by atoms with van der Waals surface area (Å²) in [6.45, 7) is 0. The zero-order valence-corrected chi connectivity index (χ0v) is 11.7. The van der Waals surface area contributed by atoms with Gasteiger partial charge in [-0.3, -0.25) is 4.98 Å². The van der Waals surface area contributed by atoms with E-state index in [4.69, 9.17) is 5.84 Å². The minimum atomic E-state index is 0.693. The zero-order valence-electron chi connectivity index (χ0n) is 11.7. The molecule has 102 valence electrons. The molecule has 3 rings (SSSR count). The molecule has 0 radical (unpaired) electrons. The molecule has 2 aromatic rings. The molecular weight excluding hydrogens is 246 g/mol. The molecule has 3 heteroatoms. The molecular formula is C17H19N3. The topological polar surface area (TPSA) is 42.1 Å². The van der Waals surface area contributed by atoms with Crippen molar-refractivity contribution >= 4 is 17.8 Å². The largest absolute Gasteiger partial charge is 0.314 e. The van der Waals surface area contributed by atoms with E-state index in [9.17, 15) is 0 Å². The Bertz CT molecular complexity index is 593. The van der Waals surface area contributed by atoms with Gasteiger partial charge in [-0.15, -0.1) is 0 Å². The number of anilines is 1. The van der Waals surface area contributed by atoms with Crippen LogP contribution in [-0.2, 0) is 0 Å². The van der Waals surface area contributed by atoms with Crippen LogP contribution in [0.3, 0.4) is 0 Å². The number of rotatable bonds is 4. The third-order valence-electron chi connectivity index (χ3n) is 3.62. The average Bonchev–Trinajstić information content (AvgIpc) is 3.30. The van der Waals surface area contributed by atoms with Gasteiger partial charge < -0.3 is 5.01 Å². The second kappa shape index (κ2) is 5.47. The maximum absolute atomic E-state index is 5.96. The van der Waals surface area contributed by atoms with Crippen molar-refractivity contribution in [3.8, 4) is 0 Å². The van der Waals surface area contributed by atoms with E-state index in [1.165, 1.54) is 24.0 Å². The Hall–Kier alpha value is -2.13. The molecule has 1 aromatic heterocycles. The first-order chi connectivity index (χ1) is 9.75. The molecule has 0 unspecified atom stereocenters. The van der Waals surface area contributed by atoms with E-state index in [0.29, 0.717) is 5.92 Å². The quantitative estimate of drug-likeness (QED) is 0.680. The van der Waals surface area contributed by atoms with Gasteiger partial charge in [0.05, 0.1) is 11.4 Å². The predicted octanol–water partition coefficient (Wildman–Crippen LogP) is 3.44. The van der Waals surface area contributed by atoms with Crippen LogP contribution >= 0.6 is 0 Å². The van der Waals surface area contributed by atoms with E-state index in [2.05, 4.69) is 29.3 Å². The number of aromatic nitrogens is 1. The van der Waals surface area contributed by atoms with E-state index < -0.39 is 0 Å². The number of nitrogens with zero attached hydrogens (tertiary/aromatic N) is 2. The molecule has 20 heavy (non-hydrogen) atoms. The molecule has 1 aliphatic rings. The number of nitrogens with two attached hydrogens (primary N) is 1. The third-order valence-corrected chi connectivity index (χ3v) is 3.62. The fraction of sp³-hybridized carbons (Fsp3) is 0.235. The summed E-state index contributed by atoms with van der Waals surface area (Å²) in [5.41, 5.74) is 4.63. The van der Waals surface area contributed by atoms with Crippen molar-refractivity contribution < 1.29 is 0 Å². The summed E-state index contributed by atoms with van der Waals surface area (Å²) in [5, 5.41) is 1.68. The molecule has 1 heterocycles. The van der Waals surface area contributed by atoms with E-state index >= 15 is 0 Å². The number of pyridine rings is 1. The summed E-state index contributed by atoms with van der Waals surface area (Å²) in [6.07, 6.45) is 8.55. The number of hydrogen-bond donors (Lipinski definition) is 1. The number of hydrazine groups is 1. The molecule has 1 saturated carbocycles. The van der Waals surface area contributed by atoms with Crippen molar-refractivity contribution in [3.63, 3.8) is 0 Å². The lowest BCUT2D eigenvalue weighted by atomic mass is 10.00. The molecule has 0 atom stereocenters. The van der Waals surface area contributed by atoms with Crippen molar-refractivity contribution in [1.82, 2.24) is 4.98 Å². The van der Waals surface area contributed by atoms with Crippen molar-refractivity contribution in [1.29, 1.82) is 0 Å². The first-order valence-electron chi connectivity index (χ1n) is 6.96. The standard InChI is InChI=1S/C17H19N3/c1-20(18)17-7-4-6-15(13-8-9-13)16(17)11-10-14-5-2-3-12-19-14/h2-7,10-13H,8-9,18H2,1H3/b11-10+. The van der Waals surface area contributed by atoms with Crippen molar-refractivity contribution in [2.75, 3.05) is 12.1 Å². The van der Waals surface area contributed by atoms with Crippen molar-refractivity contribution in [2.45, 2.75) is 18.8 Å². The molecule has 1 aromatic carbocycles. The van der Waals surface area contributed by atoms with Crippen LogP contribution in [0.2, 0.25) is 0 Å². The van der Waals surface area contributed by atoms with Crippen LogP contribution in [-0.4, -0.2) is 12.0 Å². The highest BCUT2D eigenvalue weighted by atomic mass is 15.4. The molecule has 3 nitrogen and oxygen atoms in total. The molecule has 1 aliphatic carbocycles. The monoisotopic (exact) mass is 265 g/mol. The van der Waals surface area contributed by atoms with Crippen LogP contribution in [0.1, 0.15) is 35.6 Å². The lowest BCUT2D eigenvalue weighted by Gasteiger charge is -2.18. The predicted molar refractivity (Wildman–Crippen MR) is 84.2 cm³/mol. The van der Waals surface area contributed by atoms with Crippen LogP contribution in [0, 0.1) is 0 Å². The van der Waals surface area contributed by atoms with Crippen LogP contribution in [0.25, 0.3) is 12.2 Å². The average molecular weight is 265 g/mol. The van der Waals surface area contributed by atoms with Gasteiger partial charge in [0, 0.05) is 18.8 Å². The van der Waals surface area contributed by atoms with Gasteiger partial charge in [0.2, 0.25) is 0 Å². The molecule has 0 amide bonds. The van der Waals surface area contributed by atoms with E-state index in [0.717, 1.165) is 11.4 Å². The highest BCUT2D eigenvalue weighted by Gasteiger charge is 2.26. The summed E-state index contributed by atoms with van der Waals surface area (Å²) in [7, 11) is 1.88. The summed E-state index contributed by atoms with van der Waals surface area (Å²) in [6, 6.07) is 12.3. The normalized spacial score (nSPS) is 14.7. The minimum Gasteiger partial charge on any atom is -0.314 e. The second-order valence-electron chi connectivity index (χ2n) is 5.25. The lowest BCUT2D eigenvalue weighted by molar-refractivity contribution is 1.00. The van der Waals surface area contributed by atoms with Gasteiger partial charge in [-0.25, -0.2) is 5.84 Å². The second-order valence-corrected chi connectivity index (χ2v) is 5.25. The van der Waals surface area contributed by atoms with E-state index in [1.54, 1.807) is 5.01 Å². The van der Waals surface area contributed by atoms with Gasteiger partial charge in [-0.2, -0.15) is 0 Å².